The lowest BCUT2D eigenvalue weighted by Crippen LogP contribution is -2.36. The second-order valence-electron chi connectivity index (χ2n) is 6.57. The van der Waals surface area contributed by atoms with Gasteiger partial charge in [-0.05, 0) is 25.5 Å². The fourth-order valence-corrected chi connectivity index (χ4v) is 3.48. The number of aromatic nitrogens is 2. The van der Waals surface area contributed by atoms with Gasteiger partial charge in [0.25, 0.3) is 0 Å². The first-order valence-electron chi connectivity index (χ1n) is 9.38. The van der Waals surface area contributed by atoms with E-state index in [1.807, 2.05) is 19.2 Å². The lowest BCUT2D eigenvalue weighted by atomic mass is 10.0. The molecule has 150 valence electrons. The van der Waals surface area contributed by atoms with Gasteiger partial charge in [0.2, 0.25) is 5.91 Å². The van der Waals surface area contributed by atoms with E-state index in [2.05, 4.69) is 5.10 Å². The van der Waals surface area contributed by atoms with E-state index in [4.69, 9.17) is 21.1 Å². The van der Waals surface area contributed by atoms with E-state index >= 15 is 0 Å². The van der Waals surface area contributed by atoms with Crippen LogP contribution in [0.2, 0.25) is 5.02 Å². The minimum absolute atomic E-state index is 0.0343. The number of carbonyl (C=O) groups excluding carboxylic acids is 2. The molecule has 0 saturated carbocycles. The number of ether oxygens (including phenoxy) is 2. The average molecular weight is 406 g/mol. The number of hydrogen-bond acceptors (Lipinski definition) is 5. The molecule has 0 N–H and O–H groups in total. The maximum absolute atomic E-state index is 12.6. The van der Waals surface area contributed by atoms with Gasteiger partial charge in [-0.15, -0.1) is 0 Å². The summed E-state index contributed by atoms with van der Waals surface area (Å²) in [4.78, 5) is 26.5. The molecule has 1 amide bonds. The molecule has 2 heterocycles. The second kappa shape index (κ2) is 9.10. The predicted molar refractivity (Wildman–Crippen MR) is 104 cm³/mol. The SMILES string of the molecule is CCOC(=O)c1nn(C)c2c1CN(C(=O)CCCOc1ccccc1Cl)CC2. The van der Waals surface area contributed by atoms with E-state index in [-0.39, 0.29) is 12.5 Å². The summed E-state index contributed by atoms with van der Waals surface area (Å²) in [5.74, 6) is 0.211. The summed E-state index contributed by atoms with van der Waals surface area (Å²) < 4.78 is 12.4. The number of benzene rings is 1. The molecule has 0 bridgehead atoms. The lowest BCUT2D eigenvalue weighted by Gasteiger charge is -2.27. The fourth-order valence-electron chi connectivity index (χ4n) is 3.29. The number of rotatable bonds is 7. The Kier molecular flexibility index (Phi) is 6.57. The number of fused-ring (bicyclic) bond motifs is 1. The minimum atomic E-state index is -0.443. The van der Waals surface area contributed by atoms with Crippen molar-refractivity contribution in [3.8, 4) is 5.75 Å². The first kappa shape index (κ1) is 20.2. The van der Waals surface area contributed by atoms with E-state index in [0.29, 0.717) is 55.4 Å². The Morgan fingerprint density at radius 3 is 2.82 bits per heavy atom. The highest BCUT2D eigenvalue weighted by Gasteiger charge is 2.29. The van der Waals surface area contributed by atoms with E-state index in [9.17, 15) is 9.59 Å². The smallest absolute Gasteiger partial charge is 0.359 e. The van der Waals surface area contributed by atoms with Crippen molar-refractivity contribution in [1.82, 2.24) is 14.7 Å². The molecule has 0 fully saturated rings. The van der Waals surface area contributed by atoms with Crippen molar-refractivity contribution >= 4 is 23.5 Å². The van der Waals surface area contributed by atoms with Crippen molar-refractivity contribution in [2.45, 2.75) is 32.7 Å². The highest BCUT2D eigenvalue weighted by Crippen LogP contribution is 2.25. The van der Waals surface area contributed by atoms with Crippen LogP contribution in [-0.2, 0) is 29.5 Å². The van der Waals surface area contributed by atoms with Crippen LogP contribution in [0, 0.1) is 0 Å². The van der Waals surface area contributed by atoms with Gasteiger partial charge >= 0.3 is 5.97 Å². The van der Waals surface area contributed by atoms with Crippen molar-refractivity contribution in [2.75, 3.05) is 19.8 Å². The zero-order valence-electron chi connectivity index (χ0n) is 16.1. The Labute approximate surface area is 169 Å². The van der Waals surface area contributed by atoms with Crippen LogP contribution in [0.3, 0.4) is 0 Å². The number of hydrogen-bond donors (Lipinski definition) is 0. The molecule has 7 nitrogen and oxygen atoms in total. The third kappa shape index (κ3) is 4.47. The third-order valence-electron chi connectivity index (χ3n) is 4.69. The molecule has 0 saturated heterocycles. The van der Waals surface area contributed by atoms with E-state index in [1.54, 1.807) is 28.6 Å². The Morgan fingerprint density at radius 2 is 2.07 bits per heavy atom. The number of carbonyl (C=O) groups is 2. The Bertz CT molecular complexity index is 865. The van der Waals surface area contributed by atoms with Crippen LogP contribution in [0.4, 0.5) is 0 Å². The standard InChI is InChI=1S/C20H24ClN3O4/c1-3-27-20(26)19-14-13-24(11-10-16(14)23(2)22-19)18(25)9-6-12-28-17-8-5-4-7-15(17)21/h4-5,7-8H,3,6,9-13H2,1-2H3. The molecule has 8 heteroatoms. The quantitative estimate of drug-likeness (QED) is 0.523. The monoisotopic (exact) mass is 405 g/mol. The first-order valence-corrected chi connectivity index (χ1v) is 9.76. The third-order valence-corrected chi connectivity index (χ3v) is 5.01. The summed E-state index contributed by atoms with van der Waals surface area (Å²) in [6.07, 6.45) is 1.63. The van der Waals surface area contributed by atoms with Crippen molar-refractivity contribution in [3.05, 3.63) is 46.2 Å². The minimum Gasteiger partial charge on any atom is -0.492 e. The van der Waals surface area contributed by atoms with Gasteiger partial charge in [-0.2, -0.15) is 5.10 Å². The Hall–Kier alpha value is -2.54. The largest absolute Gasteiger partial charge is 0.492 e. The van der Waals surface area contributed by atoms with Crippen LogP contribution in [0.25, 0.3) is 0 Å². The molecule has 0 radical (unpaired) electrons. The van der Waals surface area contributed by atoms with Gasteiger partial charge < -0.3 is 14.4 Å². The molecule has 1 aliphatic heterocycles. The lowest BCUT2D eigenvalue weighted by molar-refractivity contribution is -0.132. The van der Waals surface area contributed by atoms with Gasteiger partial charge in [0.15, 0.2) is 5.69 Å². The molecule has 1 aromatic heterocycles. The molecule has 1 aliphatic rings. The summed E-state index contributed by atoms with van der Waals surface area (Å²) in [7, 11) is 1.81. The molecule has 0 unspecified atom stereocenters. The number of aryl methyl sites for hydroxylation is 1. The van der Waals surface area contributed by atoms with Crippen molar-refractivity contribution < 1.29 is 19.1 Å². The van der Waals surface area contributed by atoms with Crippen LogP contribution in [-0.4, -0.2) is 46.3 Å². The summed E-state index contributed by atoms with van der Waals surface area (Å²) in [6, 6.07) is 7.26. The summed E-state index contributed by atoms with van der Waals surface area (Å²) in [5.41, 5.74) is 2.07. The number of halogens is 1. The number of esters is 1. The zero-order valence-corrected chi connectivity index (χ0v) is 16.9. The Balaban J connectivity index is 1.55. The molecule has 2 aromatic rings. The molecule has 0 atom stereocenters. The molecular formula is C20H24ClN3O4. The summed E-state index contributed by atoms with van der Waals surface area (Å²) in [5, 5.41) is 4.85. The van der Waals surface area contributed by atoms with E-state index in [1.165, 1.54) is 0 Å². The molecular weight excluding hydrogens is 382 g/mol. The van der Waals surface area contributed by atoms with Crippen LogP contribution < -0.4 is 4.74 Å². The van der Waals surface area contributed by atoms with Gasteiger partial charge in [0.1, 0.15) is 5.75 Å². The predicted octanol–water partition coefficient (Wildman–Crippen LogP) is 2.99. The Morgan fingerprint density at radius 1 is 1.29 bits per heavy atom. The van der Waals surface area contributed by atoms with Crippen LogP contribution in [0.15, 0.2) is 24.3 Å². The van der Waals surface area contributed by atoms with Crippen LogP contribution >= 0.6 is 11.6 Å². The van der Waals surface area contributed by atoms with Crippen LogP contribution in [0.1, 0.15) is 41.5 Å². The van der Waals surface area contributed by atoms with Gasteiger partial charge in [0.05, 0.1) is 18.2 Å². The highest BCUT2D eigenvalue weighted by molar-refractivity contribution is 6.32. The van der Waals surface area contributed by atoms with Gasteiger partial charge in [-0.25, -0.2) is 4.79 Å². The molecule has 0 aliphatic carbocycles. The fraction of sp³-hybridized carbons (Fsp3) is 0.450. The molecule has 3 rings (SSSR count). The number of para-hydroxylation sites is 1. The normalized spacial score (nSPS) is 13.2. The summed E-state index contributed by atoms with van der Waals surface area (Å²) >= 11 is 6.05. The van der Waals surface area contributed by atoms with Crippen molar-refractivity contribution in [1.29, 1.82) is 0 Å². The maximum atomic E-state index is 12.6. The molecule has 1 aromatic carbocycles. The average Bonchev–Trinajstić information content (AvgIpc) is 3.03. The molecule has 28 heavy (non-hydrogen) atoms. The summed E-state index contributed by atoms with van der Waals surface area (Å²) in [6.45, 7) is 3.45. The van der Waals surface area contributed by atoms with Crippen LogP contribution in [0.5, 0.6) is 5.75 Å². The highest BCUT2D eigenvalue weighted by atomic mass is 35.5. The maximum Gasteiger partial charge on any atom is 0.359 e. The van der Waals surface area contributed by atoms with E-state index in [0.717, 1.165) is 11.3 Å². The van der Waals surface area contributed by atoms with Gasteiger partial charge in [-0.1, -0.05) is 23.7 Å². The topological polar surface area (TPSA) is 73.7 Å². The van der Waals surface area contributed by atoms with Crippen molar-refractivity contribution in [3.63, 3.8) is 0 Å². The van der Waals surface area contributed by atoms with Gasteiger partial charge in [0, 0.05) is 44.2 Å². The number of nitrogens with zero attached hydrogens (tertiary/aromatic N) is 3. The first-order chi connectivity index (χ1) is 13.5. The van der Waals surface area contributed by atoms with Gasteiger partial charge in [-0.3, -0.25) is 9.48 Å². The zero-order chi connectivity index (χ0) is 20.1. The number of amides is 1. The van der Waals surface area contributed by atoms with E-state index < -0.39 is 5.97 Å². The molecule has 0 spiro atoms. The second-order valence-corrected chi connectivity index (χ2v) is 6.97. The van der Waals surface area contributed by atoms with Crippen molar-refractivity contribution in [2.24, 2.45) is 7.05 Å².